The first kappa shape index (κ1) is 15.6. The first-order valence-corrected chi connectivity index (χ1v) is 7.30. The molecule has 8 heteroatoms. The number of nitro benzene ring substituents is 1. The maximum absolute atomic E-state index is 10.9. The second-order valence-electron chi connectivity index (χ2n) is 5.00. The van der Waals surface area contributed by atoms with Gasteiger partial charge in [0.15, 0.2) is 0 Å². The molecule has 0 bridgehead atoms. The number of anilines is 3. The average Bonchev–Trinajstić information content (AvgIpc) is 2.60. The Labute approximate surface area is 137 Å². The Kier molecular flexibility index (Phi) is 4.48. The van der Waals surface area contributed by atoms with Gasteiger partial charge < -0.3 is 15.7 Å². The zero-order valence-corrected chi connectivity index (χ0v) is 12.6. The molecule has 0 amide bonds. The number of non-ortho nitro benzene ring substituents is 1. The predicted octanol–water partition coefficient (Wildman–Crippen LogP) is 2.69. The van der Waals surface area contributed by atoms with Crippen LogP contribution in [-0.4, -0.2) is 33.1 Å². The van der Waals surface area contributed by atoms with Crippen molar-refractivity contribution in [2.45, 2.75) is 0 Å². The Bertz CT molecular complexity index is 884. The minimum atomic E-state index is -0.458. The van der Waals surface area contributed by atoms with Gasteiger partial charge in [-0.25, -0.2) is 4.98 Å². The van der Waals surface area contributed by atoms with Crippen LogP contribution in [0, 0.1) is 10.1 Å². The number of benzene rings is 2. The van der Waals surface area contributed by atoms with Crippen molar-refractivity contribution >= 4 is 34.0 Å². The molecule has 0 unspecified atom stereocenters. The molecule has 2 aromatic carbocycles. The normalized spacial score (nSPS) is 10.5. The number of hydrogen-bond acceptors (Lipinski definition) is 7. The second-order valence-corrected chi connectivity index (χ2v) is 5.00. The van der Waals surface area contributed by atoms with Crippen molar-refractivity contribution in [3.8, 4) is 0 Å². The maximum atomic E-state index is 10.9. The molecular formula is C16H15N5O3. The number of aromatic nitrogens is 2. The van der Waals surface area contributed by atoms with Gasteiger partial charge in [0.25, 0.3) is 5.69 Å². The predicted molar refractivity (Wildman–Crippen MR) is 91.5 cm³/mol. The Hall–Kier alpha value is -3.26. The van der Waals surface area contributed by atoms with E-state index in [1.54, 1.807) is 12.1 Å². The highest BCUT2D eigenvalue weighted by atomic mass is 16.6. The molecule has 0 spiro atoms. The van der Waals surface area contributed by atoms with Gasteiger partial charge in [-0.2, -0.15) is 4.98 Å². The van der Waals surface area contributed by atoms with Crippen molar-refractivity contribution in [3.05, 3.63) is 58.6 Å². The largest absolute Gasteiger partial charge is 0.395 e. The summed E-state index contributed by atoms with van der Waals surface area (Å²) in [6.07, 6.45) is 0. The summed E-state index contributed by atoms with van der Waals surface area (Å²) in [6, 6.07) is 13.6. The highest BCUT2D eigenvalue weighted by Crippen LogP contribution is 2.24. The van der Waals surface area contributed by atoms with Gasteiger partial charge >= 0.3 is 0 Å². The van der Waals surface area contributed by atoms with Crippen molar-refractivity contribution in [1.29, 1.82) is 0 Å². The minimum absolute atomic E-state index is 0.0144. The first-order chi connectivity index (χ1) is 11.7. The third kappa shape index (κ3) is 3.39. The van der Waals surface area contributed by atoms with Crippen LogP contribution in [0.3, 0.4) is 0 Å². The van der Waals surface area contributed by atoms with Crippen LogP contribution in [0.25, 0.3) is 10.9 Å². The summed E-state index contributed by atoms with van der Waals surface area (Å²) >= 11 is 0. The molecule has 3 rings (SSSR count). The van der Waals surface area contributed by atoms with E-state index in [1.807, 2.05) is 24.3 Å². The van der Waals surface area contributed by atoms with Crippen LogP contribution >= 0.6 is 0 Å². The van der Waals surface area contributed by atoms with Crippen LogP contribution in [0.5, 0.6) is 0 Å². The Morgan fingerprint density at radius 3 is 2.75 bits per heavy atom. The number of rotatable bonds is 6. The van der Waals surface area contributed by atoms with Gasteiger partial charge in [-0.1, -0.05) is 18.2 Å². The van der Waals surface area contributed by atoms with Crippen LogP contribution in [0.1, 0.15) is 0 Å². The first-order valence-electron chi connectivity index (χ1n) is 7.30. The summed E-state index contributed by atoms with van der Waals surface area (Å²) < 4.78 is 0. The molecule has 0 aliphatic rings. The van der Waals surface area contributed by atoms with Gasteiger partial charge in [-0.05, 0) is 18.2 Å². The van der Waals surface area contributed by atoms with E-state index < -0.39 is 4.92 Å². The maximum Gasteiger partial charge on any atom is 0.271 e. The fourth-order valence-electron chi connectivity index (χ4n) is 2.27. The second kappa shape index (κ2) is 6.88. The van der Waals surface area contributed by atoms with Crippen molar-refractivity contribution in [2.24, 2.45) is 0 Å². The quantitative estimate of drug-likeness (QED) is 0.471. The van der Waals surface area contributed by atoms with E-state index in [0.717, 1.165) is 10.9 Å². The fourth-order valence-corrected chi connectivity index (χ4v) is 2.27. The number of nitrogens with one attached hydrogen (secondary N) is 2. The van der Waals surface area contributed by atoms with Gasteiger partial charge in [0.2, 0.25) is 5.95 Å². The summed E-state index contributed by atoms with van der Waals surface area (Å²) in [7, 11) is 0. The summed E-state index contributed by atoms with van der Waals surface area (Å²) in [5.74, 6) is 0.900. The molecule has 0 fully saturated rings. The lowest BCUT2D eigenvalue weighted by Gasteiger charge is -2.11. The topological polar surface area (TPSA) is 113 Å². The molecule has 3 N–H and O–H groups in total. The van der Waals surface area contributed by atoms with Crippen LogP contribution < -0.4 is 10.6 Å². The molecule has 0 saturated carbocycles. The van der Waals surface area contributed by atoms with E-state index in [9.17, 15) is 10.1 Å². The molecule has 122 valence electrons. The average molecular weight is 325 g/mol. The smallest absolute Gasteiger partial charge is 0.271 e. The molecule has 0 radical (unpaired) electrons. The van der Waals surface area contributed by atoms with Crippen LogP contribution in [0.15, 0.2) is 48.5 Å². The molecular weight excluding hydrogens is 310 g/mol. The van der Waals surface area contributed by atoms with E-state index in [1.165, 1.54) is 12.1 Å². The summed E-state index contributed by atoms with van der Waals surface area (Å²) in [5.41, 5.74) is 1.23. The summed E-state index contributed by atoms with van der Waals surface area (Å²) in [5, 5.41) is 26.7. The molecule has 0 atom stereocenters. The van der Waals surface area contributed by atoms with Crippen molar-refractivity contribution in [3.63, 3.8) is 0 Å². The minimum Gasteiger partial charge on any atom is -0.395 e. The summed E-state index contributed by atoms with van der Waals surface area (Å²) in [6.45, 7) is 0.337. The molecule has 24 heavy (non-hydrogen) atoms. The number of nitrogens with zero attached hydrogens (tertiary/aromatic N) is 3. The molecule has 0 aliphatic heterocycles. The Morgan fingerprint density at radius 1 is 1.12 bits per heavy atom. The summed E-state index contributed by atoms with van der Waals surface area (Å²) in [4.78, 5) is 19.2. The highest BCUT2D eigenvalue weighted by Gasteiger charge is 2.10. The third-order valence-electron chi connectivity index (χ3n) is 3.32. The zero-order valence-electron chi connectivity index (χ0n) is 12.6. The van der Waals surface area contributed by atoms with Crippen molar-refractivity contribution in [2.75, 3.05) is 23.8 Å². The van der Waals surface area contributed by atoms with Gasteiger partial charge in [-0.3, -0.25) is 10.1 Å². The standard InChI is InChI=1S/C16H15N5O3/c22-9-8-17-15-13-6-1-2-7-14(13)19-16(20-15)18-11-4-3-5-12(10-11)21(23)24/h1-7,10,22H,8-9H2,(H2,17,18,19,20). The third-order valence-corrected chi connectivity index (χ3v) is 3.32. The lowest BCUT2D eigenvalue weighted by molar-refractivity contribution is -0.384. The van der Waals surface area contributed by atoms with E-state index in [-0.39, 0.29) is 12.3 Å². The highest BCUT2D eigenvalue weighted by molar-refractivity contribution is 5.90. The zero-order chi connectivity index (χ0) is 16.9. The van der Waals surface area contributed by atoms with E-state index >= 15 is 0 Å². The number of aliphatic hydroxyl groups is 1. The van der Waals surface area contributed by atoms with Crippen LogP contribution in [0.4, 0.5) is 23.1 Å². The van der Waals surface area contributed by atoms with Gasteiger partial charge in [0, 0.05) is 29.8 Å². The number of hydrogen-bond donors (Lipinski definition) is 3. The van der Waals surface area contributed by atoms with Crippen LogP contribution in [-0.2, 0) is 0 Å². The Morgan fingerprint density at radius 2 is 1.96 bits per heavy atom. The van der Waals surface area contributed by atoms with Gasteiger partial charge in [0.1, 0.15) is 5.82 Å². The number of fused-ring (bicyclic) bond motifs is 1. The number of aliphatic hydroxyl groups excluding tert-OH is 1. The number of para-hydroxylation sites is 1. The lowest BCUT2D eigenvalue weighted by Crippen LogP contribution is -2.09. The Balaban J connectivity index is 1.97. The van der Waals surface area contributed by atoms with Crippen molar-refractivity contribution < 1.29 is 10.0 Å². The lowest BCUT2D eigenvalue weighted by atomic mass is 10.2. The molecule has 0 saturated heterocycles. The van der Waals surface area contributed by atoms with E-state index in [0.29, 0.717) is 24.0 Å². The molecule has 1 heterocycles. The SMILES string of the molecule is O=[N+]([O-])c1cccc(Nc2nc(NCCO)c3ccccc3n2)c1. The van der Waals surface area contributed by atoms with Gasteiger partial charge in [0.05, 0.1) is 17.0 Å². The molecule has 1 aromatic heterocycles. The number of nitro groups is 1. The molecule has 3 aromatic rings. The monoisotopic (exact) mass is 325 g/mol. The van der Waals surface area contributed by atoms with Crippen LogP contribution in [0.2, 0.25) is 0 Å². The van der Waals surface area contributed by atoms with Gasteiger partial charge in [-0.15, -0.1) is 0 Å². The molecule has 8 nitrogen and oxygen atoms in total. The molecule has 0 aliphatic carbocycles. The fraction of sp³-hybridized carbons (Fsp3) is 0.125. The van der Waals surface area contributed by atoms with E-state index in [4.69, 9.17) is 5.11 Å². The van der Waals surface area contributed by atoms with E-state index in [2.05, 4.69) is 20.6 Å². The van der Waals surface area contributed by atoms with Crippen molar-refractivity contribution in [1.82, 2.24) is 9.97 Å².